The topological polar surface area (TPSA) is 29.4 Å². The lowest BCUT2D eigenvalue weighted by atomic mass is 9.95. The highest BCUT2D eigenvalue weighted by molar-refractivity contribution is 6.06. The summed E-state index contributed by atoms with van der Waals surface area (Å²) in [6.45, 7) is 3.67. The van der Waals surface area contributed by atoms with E-state index in [4.69, 9.17) is 0 Å². The monoisotopic (exact) mass is 303 g/mol. The minimum Gasteiger partial charge on any atom is -0.267 e. The Morgan fingerprint density at radius 3 is 2.18 bits per heavy atom. The van der Waals surface area contributed by atoms with Crippen molar-refractivity contribution in [3.8, 4) is 11.1 Å². The van der Waals surface area contributed by atoms with Crippen LogP contribution in [0, 0.1) is 13.8 Å². The Hall–Kier alpha value is -2.43. The van der Waals surface area contributed by atoms with E-state index in [2.05, 4.69) is 4.99 Å². The molecule has 22 heavy (non-hydrogen) atoms. The predicted octanol–water partition coefficient (Wildman–Crippen LogP) is 2.93. The predicted molar refractivity (Wildman–Crippen MR) is 76.6 cm³/mol. The zero-order chi connectivity index (χ0) is 16.1. The van der Waals surface area contributed by atoms with Gasteiger partial charge in [-0.15, -0.1) is 0 Å². The third-order valence-electron chi connectivity index (χ3n) is 3.51. The van der Waals surface area contributed by atoms with E-state index in [-0.39, 0.29) is 10.9 Å². The van der Waals surface area contributed by atoms with E-state index in [0.29, 0.717) is 10.8 Å². The van der Waals surface area contributed by atoms with Crippen molar-refractivity contribution in [1.29, 1.82) is 0 Å². The average molecular weight is 303 g/mol. The van der Waals surface area contributed by atoms with Crippen LogP contribution in [0.4, 0.5) is 13.2 Å². The van der Waals surface area contributed by atoms with Crippen LogP contribution >= 0.6 is 0 Å². The maximum atomic E-state index is 13.4. The summed E-state index contributed by atoms with van der Waals surface area (Å²) in [7, 11) is 0. The standard InChI is InChI=1S/C17H12F3NO/c1-9-3-10(2)5-11(4-9)13-6-12-7-16(22)21-15(12)8-14(13)17(18,19)20/h3-8H,1-2H3. The van der Waals surface area contributed by atoms with E-state index < -0.39 is 17.6 Å². The molecule has 112 valence electrons. The zero-order valence-electron chi connectivity index (χ0n) is 12.0. The zero-order valence-corrected chi connectivity index (χ0v) is 12.0. The van der Waals surface area contributed by atoms with Crippen LogP contribution in [0.3, 0.4) is 0 Å². The minimum atomic E-state index is -4.51. The van der Waals surface area contributed by atoms with Gasteiger partial charge in [0.2, 0.25) is 0 Å². The molecule has 0 atom stereocenters. The Kier molecular flexibility index (Phi) is 3.16. The van der Waals surface area contributed by atoms with Crippen molar-refractivity contribution in [2.24, 2.45) is 4.99 Å². The second-order valence-corrected chi connectivity index (χ2v) is 5.43. The second kappa shape index (κ2) is 4.80. The molecule has 2 aromatic rings. The first-order chi connectivity index (χ1) is 10.2. The minimum absolute atomic E-state index is 0.0687. The fourth-order valence-corrected chi connectivity index (χ4v) is 2.70. The summed E-state index contributed by atoms with van der Waals surface area (Å²) in [5, 5.41) is 0.498. The van der Waals surface area contributed by atoms with Gasteiger partial charge >= 0.3 is 6.18 Å². The van der Waals surface area contributed by atoms with Crippen molar-refractivity contribution in [3.63, 3.8) is 0 Å². The van der Waals surface area contributed by atoms with Gasteiger partial charge in [-0.2, -0.15) is 13.2 Å². The van der Waals surface area contributed by atoms with Crippen LogP contribution in [-0.2, 0) is 11.0 Å². The summed E-state index contributed by atoms with van der Waals surface area (Å²) < 4.78 is 40.1. The lowest BCUT2D eigenvalue weighted by molar-refractivity contribution is -0.137. The summed E-state index contributed by atoms with van der Waals surface area (Å²) in [4.78, 5) is 14.9. The molecular weight excluding hydrogens is 291 g/mol. The number of alkyl halides is 3. The molecule has 0 N–H and O–H groups in total. The summed E-state index contributed by atoms with van der Waals surface area (Å²) in [5.74, 6) is -0.527. The van der Waals surface area contributed by atoms with Crippen molar-refractivity contribution < 1.29 is 18.0 Å². The Balaban J connectivity index is 2.36. The van der Waals surface area contributed by atoms with E-state index in [1.165, 1.54) is 12.1 Å². The number of benzene rings is 2. The van der Waals surface area contributed by atoms with Gasteiger partial charge in [0, 0.05) is 11.3 Å². The molecule has 0 saturated carbocycles. The van der Waals surface area contributed by atoms with Gasteiger partial charge in [0.25, 0.3) is 5.91 Å². The van der Waals surface area contributed by atoms with Crippen molar-refractivity contribution in [2.75, 3.05) is 0 Å². The highest BCUT2D eigenvalue weighted by Gasteiger charge is 2.34. The molecule has 2 nitrogen and oxygen atoms in total. The molecule has 0 radical (unpaired) electrons. The number of rotatable bonds is 1. The van der Waals surface area contributed by atoms with Crippen LogP contribution in [0.5, 0.6) is 0 Å². The number of hydrogen-bond donors (Lipinski definition) is 0. The first-order valence-electron chi connectivity index (χ1n) is 6.68. The van der Waals surface area contributed by atoms with Gasteiger partial charge in [-0.25, -0.2) is 4.99 Å². The Morgan fingerprint density at radius 2 is 1.59 bits per heavy atom. The molecule has 3 rings (SSSR count). The van der Waals surface area contributed by atoms with Crippen molar-refractivity contribution >= 4 is 12.0 Å². The van der Waals surface area contributed by atoms with Gasteiger partial charge in [-0.1, -0.05) is 29.3 Å². The van der Waals surface area contributed by atoms with Crippen LogP contribution in [0.1, 0.15) is 16.7 Å². The SMILES string of the molecule is Cc1cc(C)cc(-c2cc3c(cc2C(F)(F)F)=NC(=O)C=3)c1. The van der Waals surface area contributed by atoms with Crippen molar-refractivity contribution in [2.45, 2.75) is 20.0 Å². The molecule has 0 fully saturated rings. The Labute approximate surface area is 124 Å². The number of halogens is 3. The second-order valence-electron chi connectivity index (χ2n) is 5.43. The molecule has 1 aliphatic heterocycles. The molecule has 0 spiro atoms. The summed E-state index contributed by atoms with van der Waals surface area (Å²) in [5.41, 5.74) is 1.55. The van der Waals surface area contributed by atoms with E-state index in [1.54, 1.807) is 12.1 Å². The normalized spacial score (nSPS) is 13.6. The maximum absolute atomic E-state index is 13.4. The van der Waals surface area contributed by atoms with E-state index in [0.717, 1.165) is 17.2 Å². The molecule has 0 aromatic heterocycles. The van der Waals surface area contributed by atoms with Crippen molar-refractivity contribution in [3.05, 3.63) is 57.6 Å². The third kappa shape index (κ3) is 2.54. The molecule has 2 aromatic carbocycles. The number of hydrogen-bond acceptors (Lipinski definition) is 1. The molecule has 0 unspecified atom stereocenters. The first-order valence-corrected chi connectivity index (χ1v) is 6.68. The first kappa shape index (κ1) is 14.5. The van der Waals surface area contributed by atoms with Gasteiger partial charge in [-0.05, 0) is 37.1 Å². The molecule has 1 heterocycles. The fraction of sp³-hybridized carbons (Fsp3) is 0.176. The summed E-state index contributed by atoms with van der Waals surface area (Å²) >= 11 is 0. The van der Waals surface area contributed by atoms with Gasteiger partial charge in [0.1, 0.15) is 0 Å². The number of aryl methyl sites for hydroxylation is 2. The van der Waals surface area contributed by atoms with E-state index in [1.807, 2.05) is 19.9 Å². The van der Waals surface area contributed by atoms with Crippen LogP contribution in [0.2, 0.25) is 0 Å². The Morgan fingerprint density at radius 1 is 0.955 bits per heavy atom. The van der Waals surface area contributed by atoms with Crippen LogP contribution in [-0.4, -0.2) is 5.91 Å². The number of amides is 1. The number of carbonyl (C=O) groups is 1. The largest absolute Gasteiger partial charge is 0.417 e. The summed E-state index contributed by atoms with van der Waals surface area (Å²) in [6.07, 6.45) is -3.26. The quantitative estimate of drug-likeness (QED) is 0.796. The van der Waals surface area contributed by atoms with Crippen LogP contribution in [0.25, 0.3) is 17.2 Å². The highest BCUT2D eigenvalue weighted by atomic mass is 19.4. The molecule has 1 aliphatic rings. The van der Waals surface area contributed by atoms with Crippen LogP contribution < -0.4 is 10.6 Å². The molecule has 5 heteroatoms. The molecule has 1 amide bonds. The highest BCUT2D eigenvalue weighted by Crippen LogP contribution is 2.36. The lowest BCUT2D eigenvalue weighted by Crippen LogP contribution is -2.25. The lowest BCUT2D eigenvalue weighted by Gasteiger charge is -2.14. The Bertz CT molecular complexity index is 890. The molecule has 0 saturated heterocycles. The van der Waals surface area contributed by atoms with E-state index in [9.17, 15) is 18.0 Å². The number of nitrogens with zero attached hydrogens (tertiary/aromatic N) is 1. The van der Waals surface area contributed by atoms with E-state index >= 15 is 0 Å². The number of fused-ring (bicyclic) bond motifs is 1. The molecule has 0 bridgehead atoms. The van der Waals surface area contributed by atoms with Gasteiger partial charge in [0.05, 0.1) is 10.9 Å². The van der Waals surface area contributed by atoms with Gasteiger partial charge in [0.15, 0.2) is 0 Å². The molecular formula is C17H12F3NO. The van der Waals surface area contributed by atoms with Crippen molar-refractivity contribution in [1.82, 2.24) is 0 Å². The van der Waals surface area contributed by atoms with Gasteiger partial charge < -0.3 is 0 Å². The van der Waals surface area contributed by atoms with Crippen LogP contribution in [0.15, 0.2) is 35.3 Å². The number of carbonyl (C=O) groups excluding carboxylic acids is 1. The smallest absolute Gasteiger partial charge is 0.267 e. The summed E-state index contributed by atoms with van der Waals surface area (Å²) in [6, 6.07) is 7.65. The molecule has 0 aliphatic carbocycles. The third-order valence-corrected chi connectivity index (χ3v) is 3.51. The fourth-order valence-electron chi connectivity index (χ4n) is 2.70. The average Bonchev–Trinajstić information content (AvgIpc) is 2.74. The maximum Gasteiger partial charge on any atom is 0.417 e. The van der Waals surface area contributed by atoms with Gasteiger partial charge in [-0.3, -0.25) is 4.79 Å².